The molecule has 2 aromatic rings. The number of amides is 1. The highest BCUT2D eigenvalue weighted by atomic mass is 127. The average molecular weight is 514 g/mol. The number of hydrogen-bond donors (Lipinski definition) is 2. The molecule has 1 atom stereocenters. The molecule has 0 aliphatic carbocycles. The molecule has 1 aliphatic rings. The molecular weight excluding hydrogens is 487 g/mol. The van der Waals surface area contributed by atoms with Crippen LogP contribution in [0.5, 0.6) is 0 Å². The normalized spacial score (nSPS) is 16.5. The molecule has 8 heteroatoms. The van der Waals surface area contributed by atoms with Crippen molar-refractivity contribution in [1.29, 1.82) is 0 Å². The number of hydrogen-bond acceptors (Lipinski definition) is 4. The number of halogens is 1. The summed E-state index contributed by atoms with van der Waals surface area (Å²) in [6, 6.07) is 13.9. The lowest BCUT2D eigenvalue weighted by Gasteiger charge is -2.21. The number of benzene rings is 1. The van der Waals surface area contributed by atoms with Crippen LogP contribution in [0, 0.1) is 5.92 Å². The number of furan rings is 1. The van der Waals surface area contributed by atoms with Gasteiger partial charge in [0.15, 0.2) is 11.7 Å². The zero-order chi connectivity index (χ0) is 18.9. The Balaban J connectivity index is 0.00000280. The van der Waals surface area contributed by atoms with Crippen molar-refractivity contribution in [3.05, 3.63) is 54.5 Å². The number of nitrogens with one attached hydrogen (secondary N) is 2. The molecule has 1 aromatic heterocycles. The standard InChI is InChI=1S/C20H26N4O2S.HI/c1-21-20(23-11-10-22-19(25)18-8-5-13-26-18)24-12-9-16(14-24)15-27-17-6-3-2-4-7-17;/h2-8,13,16H,9-12,14-15H2,1H3,(H,21,23)(H,22,25);1H. The van der Waals surface area contributed by atoms with Gasteiger partial charge in [0.1, 0.15) is 0 Å². The maximum atomic E-state index is 11.8. The fourth-order valence-electron chi connectivity index (χ4n) is 3.07. The number of likely N-dealkylation sites (tertiary alicyclic amines) is 1. The van der Waals surface area contributed by atoms with Crippen LogP contribution < -0.4 is 10.6 Å². The van der Waals surface area contributed by atoms with Gasteiger partial charge in [-0.05, 0) is 36.6 Å². The molecule has 152 valence electrons. The van der Waals surface area contributed by atoms with Gasteiger partial charge in [-0.15, -0.1) is 35.7 Å². The Morgan fingerprint density at radius 1 is 1.21 bits per heavy atom. The first-order chi connectivity index (χ1) is 13.3. The van der Waals surface area contributed by atoms with E-state index < -0.39 is 0 Å². The van der Waals surface area contributed by atoms with Crippen LogP contribution in [0.3, 0.4) is 0 Å². The summed E-state index contributed by atoms with van der Waals surface area (Å²) in [6.45, 7) is 3.16. The Morgan fingerprint density at radius 2 is 2.00 bits per heavy atom. The van der Waals surface area contributed by atoms with Gasteiger partial charge in [-0.3, -0.25) is 9.79 Å². The second kappa shape index (κ2) is 12.0. The van der Waals surface area contributed by atoms with Crippen molar-refractivity contribution in [3.8, 4) is 0 Å². The maximum absolute atomic E-state index is 11.8. The van der Waals surface area contributed by atoms with E-state index in [0.29, 0.717) is 24.8 Å². The third kappa shape index (κ3) is 6.73. The molecule has 28 heavy (non-hydrogen) atoms. The molecule has 1 saturated heterocycles. The summed E-state index contributed by atoms with van der Waals surface area (Å²) in [4.78, 5) is 19.8. The van der Waals surface area contributed by atoms with Gasteiger partial charge >= 0.3 is 0 Å². The lowest BCUT2D eigenvalue weighted by molar-refractivity contribution is 0.0926. The van der Waals surface area contributed by atoms with E-state index in [4.69, 9.17) is 4.42 Å². The number of guanidine groups is 1. The van der Waals surface area contributed by atoms with Crippen LogP contribution in [-0.4, -0.2) is 55.7 Å². The highest BCUT2D eigenvalue weighted by Gasteiger charge is 2.24. The molecule has 0 radical (unpaired) electrons. The predicted octanol–water partition coefficient (Wildman–Crippen LogP) is 3.32. The fourth-order valence-corrected chi connectivity index (χ4v) is 4.12. The van der Waals surface area contributed by atoms with E-state index in [0.717, 1.165) is 24.8 Å². The van der Waals surface area contributed by atoms with Crippen molar-refractivity contribution in [1.82, 2.24) is 15.5 Å². The number of nitrogens with zero attached hydrogens (tertiary/aromatic N) is 2. The molecule has 1 amide bonds. The summed E-state index contributed by atoms with van der Waals surface area (Å²) >= 11 is 1.92. The van der Waals surface area contributed by atoms with E-state index in [9.17, 15) is 4.79 Å². The number of thioether (sulfide) groups is 1. The summed E-state index contributed by atoms with van der Waals surface area (Å²) in [5, 5.41) is 6.16. The number of rotatable bonds is 7. The van der Waals surface area contributed by atoms with Crippen LogP contribution in [0.15, 0.2) is 63.0 Å². The zero-order valence-corrected chi connectivity index (χ0v) is 19.1. The molecule has 0 spiro atoms. The van der Waals surface area contributed by atoms with Crippen LogP contribution >= 0.6 is 35.7 Å². The Kier molecular flexibility index (Phi) is 9.69. The van der Waals surface area contributed by atoms with Crippen molar-refractivity contribution < 1.29 is 9.21 Å². The van der Waals surface area contributed by atoms with Crippen molar-refractivity contribution in [2.24, 2.45) is 10.9 Å². The topological polar surface area (TPSA) is 69.9 Å². The second-order valence-corrected chi connectivity index (χ2v) is 7.53. The number of aliphatic imine (C=N–C) groups is 1. The largest absolute Gasteiger partial charge is 0.459 e. The van der Waals surface area contributed by atoms with Crippen LogP contribution in [0.2, 0.25) is 0 Å². The minimum Gasteiger partial charge on any atom is -0.459 e. The van der Waals surface area contributed by atoms with Crippen molar-refractivity contribution in [2.75, 3.05) is 39.0 Å². The molecule has 3 rings (SSSR count). The lowest BCUT2D eigenvalue weighted by Crippen LogP contribution is -2.43. The molecule has 1 aromatic carbocycles. The Labute approximate surface area is 187 Å². The van der Waals surface area contributed by atoms with E-state index >= 15 is 0 Å². The summed E-state index contributed by atoms with van der Waals surface area (Å²) in [5.74, 6) is 2.81. The minimum absolute atomic E-state index is 0. The molecule has 1 fully saturated rings. The molecule has 6 nitrogen and oxygen atoms in total. The van der Waals surface area contributed by atoms with E-state index in [1.807, 2.05) is 17.8 Å². The lowest BCUT2D eigenvalue weighted by atomic mass is 10.2. The Morgan fingerprint density at radius 3 is 2.71 bits per heavy atom. The van der Waals surface area contributed by atoms with Crippen LogP contribution in [0.1, 0.15) is 17.0 Å². The van der Waals surface area contributed by atoms with Gasteiger partial charge in [0.25, 0.3) is 5.91 Å². The quantitative estimate of drug-likeness (QED) is 0.195. The Hall–Kier alpha value is -1.68. The number of carbonyl (C=O) groups excluding carboxylic acids is 1. The van der Waals surface area contributed by atoms with Gasteiger partial charge in [-0.25, -0.2) is 0 Å². The van der Waals surface area contributed by atoms with E-state index in [-0.39, 0.29) is 29.9 Å². The first-order valence-electron chi connectivity index (χ1n) is 9.21. The highest BCUT2D eigenvalue weighted by Crippen LogP contribution is 2.25. The smallest absolute Gasteiger partial charge is 0.287 e. The summed E-state index contributed by atoms with van der Waals surface area (Å²) in [6.07, 6.45) is 2.67. The molecule has 2 N–H and O–H groups in total. The minimum atomic E-state index is -0.198. The predicted molar refractivity (Wildman–Crippen MR) is 125 cm³/mol. The second-order valence-electron chi connectivity index (χ2n) is 6.43. The highest BCUT2D eigenvalue weighted by molar-refractivity contribution is 14.0. The summed E-state index contributed by atoms with van der Waals surface area (Å²) in [5.41, 5.74) is 0. The van der Waals surface area contributed by atoms with Crippen molar-refractivity contribution in [2.45, 2.75) is 11.3 Å². The molecule has 1 unspecified atom stereocenters. The number of carbonyl (C=O) groups is 1. The van der Waals surface area contributed by atoms with Gasteiger partial charge in [0.2, 0.25) is 0 Å². The first kappa shape index (κ1) is 22.6. The molecule has 0 saturated carbocycles. The van der Waals surface area contributed by atoms with Crippen LogP contribution in [0.25, 0.3) is 0 Å². The molecule has 0 bridgehead atoms. The van der Waals surface area contributed by atoms with Crippen LogP contribution in [-0.2, 0) is 0 Å². The first-order valence-corrected chi connectivity index (χ1v) is 10.2. The maximum Gasteiger partial charge on any atom is 0.287 e. The van der Waals surface area contributed by atoms with Gasteiger partial charge in [0.05, 0.1) is 6.26 Å². The van der Waals surface area contributed by atoms with E-state index in [1.165, 1.54) is 17.6 Å². The van der Waals surface area contributed by atoms with Crippen molar-refractivity contribution >= 4 is 47.6 Å². The fraction of sp³-hybridized carbons (Fsp3) is 0.400. The monoisotopic (exact) mass is 514 g/mol. The Bertz CT molecular complexity index is 740. The van der Waals surface area contributed by atoms with E-state index in [2.05, 4.69) is 44.8 Å². The van der Waals surface area contributed by atoms with Gasteiger partial charge in [-0.2, -0.15) is 0 Å². The molecule has 1 aliphatic heterocycles. The third-order valence-corrected chi connectivity index (χ3v) is 5.71. The zero-order valence-electron chi connectivity index (χ0n) is 16.0. The van der Waals surface area contributed by atoms with Crippen LogP contribution in [0.4, 0.5) is 0 Å². The summed E-state index contributed by atoms with van der Waals surface area (Å²) < 4.78 is 5.08. The van der Waals surface area contributed by atoms with E-state index in [1.54, 1.807) is 19.2 Å². The van der Waals surface area contributed by atoms with Gasteiger partial charge in [-0.1, -0.05) is 18.2 Å². The molecular formula is C20H27IN4O2S. The SMILES string of the molecule is CN=C(NCCNC(=O)c1ccco1)N1CCC(CSc2ccccc2)C1.I. The van der Waals surface area contributed by atoms with Gasteiger partial charge in [0, 0.05) is 43.9 Å². The molecule has 2 heterocycles. The third-order valence-electron chi connectivity index (χ3n) is 4.46. The average Bonchev–Trinajstić information content (AvgIpc) is 3.39. The van der Waals surface area contributed by atoms with Gasteiger partial charge < -0.3 is 20.0 Å². The van der Waals surface area contributed by atoms with Crippen molar-refractivity contribution in [3.63, 3.8) is 0 Å². The summed E-state index contributed by atoms with van der Waals surface area (Å²) in [7, 11) is 1.80.